The summed E-state index contributed by atoms with van der Waals surface area (Å²) in [7, 11) is 0. The third-order valence-corrected chi connectivity index (χ3v) is 2.80. The summed E-state index contributed by atoms with van der Waals surface area (Å²) in [6.07, 6.45) is 0.370. The molecule has 1 aliphatic heterocycles. The molecule has 1 atom stereocenters. The number of anilines is 1. The normalized spacial score (nSPS) is 18.8. The van der Waals surface area contributed by atoms with Gasteiger partial charge < -0.3 is 10.4 Å². The van der Waals surface area contributed by atoms with E-state index in [1.54, 1.807) is 6.07 Å². The van der Waals surface area contributed by atoms with Crippen molar-refractivity contribution in [1.82, 2.24) is 5.32 Å². The molecule has 1 aromatic carbocycles. The van der Waals surface area contributed by atoms with Gasteiger partial charge in [0.15, 0.2) is 0 Å². The van der Waals surface area contributed by atoms with Crippen LogP contribution in [0.2, 0.25) is 0 Å². The predicted octanol–water partition coefficient (Wildman–Crippen LogP) is 1.59. The van der Waals surface area contributed by atoms with Crippen LogP contribution in [0.4, 0.5) is 14.9 Å². The number of amides is 2. The first-order valence-electron chi connectivity index (χ1n) is 5.61. The summed E-state index contributed by atoms with van der Waals surface area (Å²) in [5.74, 6) is -1.30. The van der Waals surface area contributed by atoms with Crippen molar-refractivity contribution in [2.24, 2.45) is 0 Å². The van der Waals surface area contributed by atoms with E-state index in [1.165, 1.54) is 23.1 Å². The van der Waals surface area contributed by atoms with Gasteiger partial charge in [-0.15, -0.1) is 0 Å². The summed E-state index contributed by atoms with van der Waals surface area (Å²) >= 11 is 0. The molecule has 0 aromatic heterocycles. The van der Waals surface area contributed by atoms with E-state index in [4.69, 9.17) is 5.11 Å². The first-order valence-corrected chi connectivity index (χ1v) is 5.61. The Balaban J connectivity index is 2.03. The summed E-state index contributed by atoms with van der Waals surface area (Å²) in [5.41, 5.74) is 0.477. The molecule has 0 bridgehead atoms. The van der Waals surface area contributed by atoms with E-state index >= 15 is 0 Å². The number of benzene rings is 1. The van der Waals surface area contributed by atoms with Crippen LogP contribution >= 0.6 is 0 Å². The Morgan fingerprint density at radius 2 is 2.33 bits per heavy atom. The van der Waals surface area contributed by atoms with Crippen molar-refractivity contribution in [1.29, 1.82) is 0 Å². The molecule has 6 heteroatoms. The van der Waals surface area contributed by atoms with Crippen molar-refractivity contribution in [3.05, 3.63) is 30.1 Å². The molecule has 2 rings (SSSR count). The van der Waals surface area contributed by atoms with Crippen LogP contribution in [-0.2, 0) is 4.79 Å². The Bertz CT molecular complexity index is 478. The van der Waals surface area contributed by atoms with Gasteiger partial charge in [0.1, 0.15) is 5.82 Å². The van der Waals surface area contributed by atoms with Gasteiger partial charge in [0, 0.05) is 24.7 Å². The molecule has 0 spiro atoms. The van der Waals surface area contributed by atoms with Gasteiger partial charge in [0.2, 0.25) is 0 Å². The molecule has 1 aliphatic rings. The molecule has 18 heavy (non-hydrogen) atoms. The van der Waals surface area contributed by atoms with Crippen molar-refractivity contribution < 1.29 is 19.1 Å². The number of nitrogens with zero attached hydrogens (tertiary/aromatic N) is 1. The number of hydrogen-bond acceptors (Lipinski definition) is 2. The number of halogens is 1. The molecule has 5 nitrogen and oxygen atoms in total. The summed E-state index contributed by atoms with van der Waals surface area (Å²) in [5, 5.41) is 11.3. The van der Waals surface area contributed by atoms with Crippen molar-refractivity contribution in [2.75, 3.05) is 11.4 Å². The quantitative estimate of drug-likeness (QED) is 0.854. The predicted molar refractivity (Wildman–Crippen MR) is 62.9 cm³/mol. The number of hydrogen-bond donors (Lipinski definition) is 2. The molecule has 1 heterocycles. The highest BCUT2D eigenvalue weighted by Gasteiger charge is 2.29. The van der Waals surface area contributed by atoms with Gasteiger partial charge >= 0.3 is 12.0 Å². The summed E-state index contributed by atoms with van der Waals surface area (Å²) in [6, 6.07) is 5.22. The van der Waals surface area contributed by atoms with Crippen molar-refractivity contribution in [2.45, 2.75) is 18.9 Å². The van der Waals surface area contributed by atoms with Crippen molar-refractivity contribution in [3.8, 4) is 0 Å². The monoisotopic (exact) mass is 252 g/mol. The minimum atomic E-state index is -0.895. The smallest absolute Gasteiger partial charge is 0.322 e. The number of carboxylic acids is 1. The van der Waals surface area contributed by atoms with Crippen molar-refractivity contribution in [3.63, 3.8) is 0 Å². The van der Waals surface area contributed by atoms with Gasteiger partial charge in [-0.25, -0.2) is 9.18 Å². The Morgan fingerprint density at radius 1 is 1.56 bits per heavy atom. The summed E-state index contributed by atoms with van der Waals surface area (Å²) in [6.45, 7) is 0.357. The van der Waals surface area contributed by atoms with E-state index in [0.717, 1.165) is 0 Å². The lowest BCUT2D eigenvalue weighted by Crippen LogP contribution is -2.28. The molecule has 0 aliphatic carbocycles. The van der Waals surface area contributed by atoms with Crippen molar-refractivity contribution >= 4 is 17.7 Å². The Hall–Kier alpha value is -2.11. The maximum Gasteiger partial charge on any atom is 0.322 e. The average molecular weight is 252 g/mol. The van der Waals surface area contributed by atoms with Gasteiger partial charge in [0.25, 0.3) is 0 Å². The van der Waals surface area contributed by atoms with E-state index < -0.39 is 11.8 Å². The third-order valence-electron chi connectivity index (χ3n) is 2.80. The lowest BCUT2D eigenvalue weighted by Gasteiger charge is -2.14. The molecular formula is C12H13FN2O3. The highest BCUT2D eigenvalue weighted by Crippen LogP contribution is 2.20. The molecule has 1 aromatic rings. The van der Waals surface area contributed by atoms with Crippen LogP contribution in [0.5, 0.6) is 0 Å². The maximum atomic E-state index is 13.1. The molecule has 1 fully saturated rings. The molecule has 2 N–H and O–H groups in total. The lowest BCUT2D eigenvalue weighted by molar-refractivity contribution is -0.137. The Labute approximate surface area is 103 Å². The summed E-state index contributed by atoms with van der Waals surface area (Å²) < 4.78 is 13.1. The Kier molecular flexibility index (Phi) is 3.45. The molecule has 1 unspecified atom stereocenters. The lowest BCUT2D eigenvalue weighted by atomic mass is 10.1. The van der Waals surface area contributed by atoms with Crippen LogP contribution in [0.1, 0.15) is 12.8 Å². The molecule has 1 saturated heterocycles. The van der Waals surface area contributed by atoms with Crippen LogP contribution in [0.3, 0.4) is 0 Å². The van der Waals surface area contributed by atoms with Gasteiger partial charge in [-0.3, -0.25) is 9.69 Å². The second kappa shape index (κ2) is 5.03. The molecule has 0 radical (unpaired) electrons. The van der Waals surface area contributed by atoms with Gasteiger partial charge in [0.05, 0.1) is 0 Å². The molecule has 96 valence electrons. The fourth-order valence-corrected chi connectivity index (χ4v) is 1.93. The SMILES string of the molecule is O=C(O)CCC1CN(c2cccc(F)c2)C(=O)N1. The Morgan fingerprint density at radius 3 is 3.00 bits per heavy atom. The minimum absolute atomic E-state index is 0.00192. The molecule has 2 amide bonds. The van der Waals surface area contributed by atoms with E-state index in [1.807, 2.05) is 0 Å². The second-order valence-corrected chi connectivity index (χ2v) is 4.17. The number of carbonyl (C=O) groups excluding carboxylic acids is 1. The maximum absolute atomic E-state index is 13.1. The van der Waals surface area contributed by atoms with Gasteiger partial charge in [-0.2, -0.15) is 0 Å². The number of urea groups is 1. The highest BCUT2D eigenvalue weighted by atomic mass is 19.1. The topological polar surface area (TPSA) is 69.6 Å². The number of aliphatic carboxylic acids is 1. The van der Waals surface area contributed by atoms with Gasteiger partial charge in [-0.05, 0) is 24.6 Å². The third kappa shape index (κ3) is 2.77. The van der Waals surface area contributed by atoms with Gasteiger partial charge in [-0.1, -0.05) is 6.07 Å². The molecular weight excluding hydrogens is 239 g/mol. The molecule has 0 saturated carbocycles. The first-order chi connectivity index (χ1) is 8.56. The first kappa shape index (κ1) is 12.3. The zero-order chi connectivity index (χ0) is 13.1. The van der Waals surface area contributed by atoms with E-state index in [9.17, 15) is 14.0 Å². The largest absolute Gasteiger partial charge is 0.481 e. The van der Waals surface area contributed by atoms with Crippen LogP contribution in [0.15, 0.2) is 24.3 Å². The standard InChI is InChI=1S/C12H13FN2O3/c13-8-2-1-3-10(6-8)15-7-9(14-12(15)18)4-5-11(16)17/h1-3,6,9H,4-5,7H2,(H,14,18)(H,16,17). The summed E-state index contributed by atoms with van der Waals surface area (Å²) in [4.78, 5) is 23.6. The van der Waals surface area contributed by atoms with Crippen LogP contribution in [-0.4, -0.2) is 29.7 Å². The minimum Gasteiger partial charge on any atom is -0.481 e. The van der Waals surface area contributed by atoms with E-state index in [2.05, 4.69) is 5.32 Å². The van der Waals surface area contributed by atoms with E-state index in [-0.39, 0.29) is 18.5 Å². The zero-order valence-corrected chi connectivity index (χ0v) is 9.60. The number of rotatable bonds is 4. The highest BCUT2D eigenvalue weighted by molar-refractivity contribution is 5.94. The average Bonchev–Trinajstić information content (AvgIpc) is 2.68. The van der Waals surface area contributed by atoms with Crippen LogP contribution in [0, 0.1) is 5.82 Å². The van der Waals surface area contributed by atoms with Crippen LogP contribution in [0.25, 0.3) is 0 Å². The second-order valence-electron chi connectivity index (χ2n) is 4.17. The fraction of sp³-hybridized carbons (Fsp3) is 0.333. The number of nitrogens with one attached hydrogen (secondary N) is 1. The fourth-order valence-electron chi connectivity index (χ4n) is 1.93. The van der Waals surface area contributed by atoms with Crippen LogP contribution < -0.4 is 10.2 Å². The van der Waals surface area contributed by atoms with E-state index in [0.29, 0.717) is 18.7 Å². The zero-order valence-electron chi connectivity index (χ0n) is 9.60. The number of carbonyl (C=O) groups is 2. The number of carboxylic acid groups (broad SMARTS) is 1.